The van der Waals surface area contributed by atoms with Crippen molar-refractivity contribution in [3.05, 3.63) is 104 Å². The van der Waals surface area contributed by atoms with Crippen LogP contribution in [0.1, 0.15) is 31.3 Å². The Balaban J connectivity index is 1.09. The van der Waals surface area contributed by atoms with Crippen LogP contribution in [0.25, 0.3) is 0 Å². The van der Waals surface area contributed by atoms with Crippen LogP contribution in [0, 0.1) is 35.5 Å². The largest absolute Gasteiger partial charge is 0.484 e. The lowest BCUT2D eigenvalue weighted by atomic mass is 10.1. The molecule has 3 aromatic carbocycles. The van der Waals surface area contributed by atoms with Crippen LogP contribution in [0.15, 0.2) is 85.4 Å². The molecule has 6 aromatic rings. The van der Waals surface area contributed by atoms with Gasteiger partial charge in [-0.15, -0.1) is 34.0 Å². The molecule has 542 valence electrons. The molecule has 0 N–H and O–H groups in total. The second kappa shape index (κ2) is 24.9. The van der Waals surface area contributed by atoms with Gasteiger partial charge >= 0.3 is 69.8 Å². The van der Waals surface area contributed by atoms with E-state index in [0.717, 1.165) is 36.4 Å². The Morgan fingerprint density at radius 3 is 0.660 bits per heavy atom. The van der Waals surface area contributed by atoms with E-state index in [2.05, 4.69) is 35.5 Å². The highest BCUT2D eigenvalue weighted by Crippen LogP contribution is 2.63. The summed E-state index contributed by atoms with van der Waals surface area (Å²) in [6, 6.07) is 14.3. The molecule has 0 unspecified atom stereocenters. The Kier molecular flexibility index (Phi) is 19.0. The van der Waals surface area contributed by atoms with E-state index in [-0.39, 0.29) is 33.8 Å². The SMILES string of the molecule is O=S(=O)(c1sc(C#Cc2ccc(N(c3ccc(C#Cc4sc(S(=O)(=O)C(F)(F)C(F)(F)C(F)(F)C(F)(F)F)c5c4OCCO5)cc3)c3ccc(C#Cc4sc(S(=O)(=O)C(F)(F)C(F)(F)C(F)(F)C(F)(F)F)c5c4OCCO5)cc3)cc2)c2c1OCCO2)C(F)(F)C(F)(F)C(F)(F)C(F)(F)F. The number of alkyl halides is 27. The maximum Gasteiger partial charge on any atom is 0.460 e. The fourth-order valence-corrected chi connectivity index (χ4v) is 17.0. The summed E-state index contributed by atoms with van der Waals surface area (Å²) in [7, 11) is -21.8. The first-order chi connectivity index (χ1) is 45.6. The summed E-state index contributed by atoms with van der Waals surface area (Å²) in [6.07, 6.45) is -22.2. The van der Waals surface area contributed by atoms with Crippen LogP contribution < -0.4 is 33.3 Å². The molecule has 0 spiro atoms. The average Bonchev–Trinajstić information content (AvgIpc) is 1.18. The van der Waals surface area contributed by atoms with Crippen molar-refractivity contribution in [2.75, 3.05) is 44.5 Å². The van der Waals surface area contributed by atoms with Gasteiger partial charge in [-0.1, -0.05) is 17.8 Å². The maximum absolute atomic E-state index is 15.0. The Labute approximate surface area is 551 Å². The fourth-order valence-electron chi connectivity index (χ4n) is 8.40. The van der Waals surface area contributed by atoms with Crippen LogP contribution in [0.5, 0.6) is 34.5 Å². The Bertz CT molecular complexity index is 4280. The molecule has 0 radical (unpaired) electrons. The third kappa shape index (κ3) is 12.0. The Hall–Kier alpha value is -8.00. The minimum atomic E-state index is -7.65. The number of rotatable bonds is 15. The molecule has 3 aromatic heterocycles. The van der Waals surface area contributed by atoms with Gasteiger partial charge in [0, 0.05) is 33.8 Å². The number of fused-ring (bicyclic) bond motifs is 3. The van der Waals surface area contributed by atoms with Crippen molar-refractivity contribution < 1.29 is 172 Å². The van der Waals surface area contributed by atoms with Crippen LogP contribution in [-0.2, 0) is 29.5 Å². The number of benzene rings is 3. The zero-order valence-electron chi connectivity index (χ0n) is 47.2. The van der Waals surface area contributed by atoms with Crippen LogP contribution in [0.2, 0.25) is 0 Å². The van der Waals surface area contributed by atoms with Crippen LogP contribution in [0.3, 0.4) is 0 Å². The van der Waals surface area contributed by atoms with Gasteiger partial charge in [0.25, 0.3) is 29.5 Å². The first-order valence-corrected chi connectivity index (χ1v) is 32.8. The molecule has 0 amide bonds. The summed E-state index contributed by atoms with van der Waals surface area (Å²) >= 11 is -1.41. The van der Waals surface area contributed by atoms with Crippen molar-refractivity contribution in [1.29, 1.82) is 0 Å². The van der Waals surface area contributed by atoms with Crippen molar-refractivity contribution in [2.45, 2.75) is 82.5 Å². The molecule has 0 saturated heterocycles. The standard InChI is InChI=1S/C54H24F27NO12S6/c55-43(56,49(67,68)69)46(61,62)52(76,77)98(83,84)40-37-34(89-19-22-92-37)31(95-40)16-7-25-1-10-28(11-2-25)82(29-12-3-26(4-13-29)8-17-32-35-38(93-23-20-90-35)41(96-32)99(85,86)53(78,79)47(63,64)44(57,58)50(70,71)72)30-14-5-27(6-15-30)9-18-33-36-39(94-24-21-91-36)42(97-33)100(87,88)54(80,81)48(65,66)45(59,60)51(73,74)75/h1-6,10-15H,19-24H2. The number of hydrogen-bond donors (Lipinski definition) is 0. The maximum atomic E-state index is 15.0. The summed E-state index contributed by atoms with van der Waals surface area (Å²) in [5, 5.41) is -21.6. The van der Waals surface area contributed by atoms with Crippen molar-refractivity contribution in [2.24, 2.45) is 0 Å². The van der Waals surface area contributed by atoms with E-state index < -0.39 is 235 Å². The number of thiophene rings is 3. The van der Waals surface area contributed by atoms with Gasteiger partial charge in [0.05, 0.1) is 0 Å². The molecule has 3 aliphatic heterocycles. The van der Waals surface area contributed by atoms with E-state index in [1.54, 1.807) is 0 Å². The molecule has 46 heteroatoms. The molecule has 0 aliphatic carbocycles. The fraction of sp³-hybridized carbons (Fsp3) is 0.333. The van der Waals surface area contributed by atoms with Gasteiger partial charge < -0.3 is 33.3 Å². The lowest BCUT2D eigenvalue weighted by Crippen LogP contribution is -2.63. The molecular weight excluding hydrogens is 1560 g/mol. The Morgan fingerprint density at radius 1 is 0.280 bits per heavy atom. The van der Waals surface area contributed by atoms with Crippen LogP contribution in [0.4, 0.5) is 136 Å². The summed E-state index contributed by atoms with van der Waals surface area (Å²) in [4.78, 5) is -0.979. The number of sulfone groups is 3. The topological polar surface area (TPSA) is 161 Å². The number of nitrogens with zero attached hydrogens (tertiary/aromatic N) is 1. The van der Waals surface area contributed by atoms with Gasteiger partial charge in [-0.3, -0.25) is 0 Å². The smallest absolute Gasteiger partial charge is 0.460 e. The van der Waals surface area contributed by atoms with E-state index in [1.807, 2.05) is 0 Å². The molecule has 0 saturated carbocycles. The van der Waals surface area contributed by atoms with Crippen molar-refractivity contribution >= 4 is 80.6 Å². The second-order valence-electron chi connectivity index (χ2n) is 19.9. The second-order valence-corrected chi connectivity index (χ2v) is 29.6. The summed E-state index contributed by atoms with van der Waals surface area (Å²) < 4.78 is 479. The molecule has 9 rings (SSSR count). The first kappa shape index (κ1) is 76.2. The van der Waals surface area contributed by atoms with Gasteiger partial charge in [-0.05, 0) is 90.6 Å². The van der Waals surface area contributed by atoms with Crippen LogP contribution in [-0.4, -0.2) is 135 Å². The number of hydrogen-bond acceptors (Lipinski definition) is 16. The van der Waals surface area contributed by atoms with Gasteiger partial charge in [0.1, 0.15) is 54.3 Å². The number of ether oxygens (including phenoxy) is 6. The van der Waals surface area contributed by atoms with Gasteiger partial charge in [-0.25, -0.2) is 25.3 Å². The molecule has 0 bridgehead atoms. The molecule has 13 nitrogen and oxygen atoms in total. The zero-order chi connectivity index (χ0) is 74.8. The Morgan fingerprint density at radius 2 is 0.470 bits per heavy atom. The summed E-state index contributed by atoms with van der Waals surface area (Å²) in [6.45, 7) is -3.76. The predicted octanol–water partition coefficient (Wildman–Crippen LogP) is 15.5. The van der Waals surface area contributed by atoms with Gasteiger partial charge in [-0.2, -0.15) is 119 Å². The van der Waals surface area contributed by atoms with E-state index in [1.165, 1.54) is 41.3 Å². The van der Waals surface area contributed by atoms with E-state index in [0.29, 0.717) is 0 Å². The van der Waals surface area contributed by atoms with Crippen molar-refractivity contribution in [1.82, 2.24) is 0 Å². The highest BCUT2D eigenvalue weighted by Gasteiger charge is 2.88. The van der Waals surface area contributed by atoms with Crippen molar-refractivity contribution in [3.8, 4) is 70.0 Å². The highest BCUT2D eigenvalue weighted by atomic mass is 32.2. The van der Waals surface area contributed by atoms with E-state index >= 15 is 26.3 Å². The lowest BCUT2D eigenvalue weighted by Gasteiger charge is -2.33. The number of anilines is 3. The molecule has 0 atom stereocenters. The minimum Gasteiger partial charge on any atom is -0.484 e. The summed E-state index contributed by atoms with van der Waals surface area (Å²) in [5.41, 5.74) is -0.294. The minimum absolute atomic E-state index is 0.0404. The average molecular weight is 1580 g/mol. The normalized spacial score (nSPS) is 15.4. The summed E-state index contributed by atoms with van der Waals surface area (Å²) in [5.74, 6) is -38.5. The molecule has 3 aliphatic rings. The monoisotopic (exact) mass is 1580 g/mol. The molecule has 6 heterocycles. The highest BCUT2D eigenvalue weighted by molar-refractivity contribution is 7.95. The first-order valence-electron chi connectivity index (χ1n) is 25.9. The van der Waals surface area contributed by atoms with Gasteiger partial charge in [0.15, 0.2) is 47.1 Å². The predicted molar refractivity (Wildman–Crippen MR) is 289 cm³/mol. The van der Waals surface area contributed by atoms with E-state index in [9.17, 15) is 117 Å². The van der Waals surface area contributed by atoms with Gasteiger partial charge in [0.2, 0.25) is 0 Å². The molecule has 0 fully saturated rings. The molecule has 100 heavy (non-hydrogen) atoms. The van der Waals surface area contributed by atoms with E-state index in [4.69, 9.17) is 28.4 Å². The van der Waals surface area contributed by atoms with Crippen LogP contribution >= 0.6 is 34.0 Å². The zero-order valence-corrected chi connectivity index (χ0v) is 52.1. The lowest BCUT2D eigenvalue weighted by molar-refractivity contribution is -0.382. The van der Waals surface area contributed by atoms with Crippen molar-refractivity contribution in [3.63, 3.8) is 0 Å². The quantitative estimate of drug-likeness (QED) is 0.0706. The third-order valence-electron chi connectivity index (χ3n) is 13.5. The molecular formula is C54H24F27NO12S6. The third-order valence-corrected chi connectivity index (χ3v) is 23.7. The number of halogens is 27.